The molecule has 1 N–H and O–H groups in total. The third-order valence-electron chi connectivity index (χ3n) is 3.36. The van der Waals surface area contributed by atoms with Gasteiger partial charge >= 0.3 is 0 Å². The van der Waals surface area contributed by atoms with Crippen LogP contribution in [0.3, 0.4) is 0 Å². The van der Waals surface area contributed by atoms with Gasteiger partial charge in [0.1, 0.15) is 11.5 Å². The predicted octanol–water partition coefficient (Wildman–Crippen LogP) is 1.31. The van der Waals surface area contributed by atoms with Crippen LogP contribution in [0, 0.1) is 13.8 Å². The number of aromatic nitrogens is 2. The summed E-state index contributed by atoms with van der Waals surface area (Å²) in [5, 5.41) is 2.93. The quantitative estimate of drug-likeness (QED) is 0.889. The molecular formula is C14H22N4O. The highest BCUT2D eigenvalue weighted by Gasteiger charge is 2.11. The Hall–Kier alpha value is -1.49. The van der Waals surface area contributed by atoms with Crippen molar-refractivity contribution in [2.75, 3.05) is 26.2 Å². The minimum Gasteiger partial charge on any atom is -0.349 e. The number of piperidine rings is 1. The number of hydrogen-bond donors (Lipinski definition) is 1. The van der Waals surface area contributed by atoms with E-state index < -0.39 is 0 Å². The first kappa shape index (κ1) is 13.9. The van der Waals surface area contributed by atoms with Gasteiger partial charge in [0.25, 0.3) is 5.91 Å². The van der Waals surface area contributed by atoms with Gasteiger partial charge in [0, 0.05) is 18.8 Å². The maximum absolute atomic E-state index is 12.0. The van der Waals surface area contributed by atoms with Crippen LogP contribution < -0.4 is 5.32 Å². The van der Waals surface area contributed by atoms with E-state index in [1.54, 1.807) is 13.0 Å². The minimum absolute atomic E-state index is 0.106. The van der Waals surface area contributed by atoms with Crippen LogP contribution in [0.1, 0.15) is 41.3 Å². The SMILES string of the molecule is Cc1cc(C(=O)NCCN2CCCCC2)nc(C)n1. The zero-order valence-electron chi connectivity index (χ0n) is 11.8. The fraction of sp³-hybridized carbons (Fsp3) is 0.643. The zero-order chi connectivity index (χ0) is 13.7. The number of carbonyl (C=O) groups is 1. The second-order valence-electron chi connectivity index (χ2n) is 5.10. The van der Waals surface area contributed by atoms with E-state index in [0.29, 0.717) is 18.1 Å². The standard InChI is InChI=1S/C14H22N4O/c1-11-10-13(17-12(2)16-11)14(19)15-6-9-18-7-4-3-5-8-18/h10H,3-9H2,1-2H3,(H,15,19). The lowest BCUT2D eigenvalue weighted by Crippen LogP contribution is -2.37. The van der Waals surface area contributed by atoms with Crippen LogP contribution in [-0.4, -0.2) is 47.0 Å². The molecule has 2 rings (SSSR count). The molecule has 1 aliphatic rings. The number of nitrogens with zero attached hydrogens (tertiary/aromatic N) is 3. The molecule has 1 saturated heterocycles. The van der Waals surface area contributed by atoms with Crippen LogP contribution in [0.4, 0.5) is 0 Å². The fourth-order valence-corrected chi connectivity index (χ4v) is 2.43. The first-order valence-electron chi connectivity index (χ1n) is 6.98. The summed E-state index contributed by atoms with van der Waals surface area (Å²) in [7, 11) is 0. The Labute approximate surface area is 114 Å². The molecule has 1 aromatic rings. The summed E-state index contributed by atoms with van der Waals surface area (Å²) >= 11 is 0. The van der Waals surface area contributed by atoms with Crippen LogP contribution in [0.5, 0.6) is 0 Å². The van der Waals surface area contributed by atoms with E-state index >= 15 is 0 Å². The lowest BCUT2D eigenvalue weighted by Gasteiger charge is -2.26. The fourth-order valence-electron chi connectivity index (χ4n) is 2.43. The smallest absolute Gasteiger partial charge is 0.270 e. The predicted molar refractivity (Wildman–Crippen MR) is 74.1 cm³/mol. The van der Waals surface area contributed by atoms with Crippen molar-refractivity contribution in [3.63, 3.8) is 0 Å². The van der Waals surface area contributed by atoms with Gasteiger partial charge in [-0.25, -0.2) is 9.97 Å². The van der Waals surface area contributed by atoms with E-state index in [-0.39, 0.29) is 5.91 Å². The Kier molecular flexibility index (Phi) is 4.85. The van der Waals surface area contributed by atoms with Crippen LogP contribution in [0.15, 0.2) is 6.07 Å². The average molecular weight is 262 g/mol. The van der Waals surface area contributed by atoms with Crippen molar-refractivity contribution in [2.24, 2.45) is 0 Å². The van der Waals surface area contributed by atoms with Crippen molar-refractivity contribution in [2.45, 2.75) is 33.1 Å². The highest BCUT2D eigenvalue weighted by atomic mass is 16.1. The molecule has 5 heteroatoms. The van der Waals surface area contributed by atoms with Crippen LogP contribution in [0.25, 0.3) is 0 Å². The van der Waals surface area contributed by atoms with Gasteiger partial charge in [0.05, 0.1) is 0 Å². The molecule has 5 nitrogen and oxygen atoms in total. The number of carbonyl (C=O) groups excluding carboxylic acids is 1. The largest absolute Gasteiger partial charge is 0.349 e. The maximum atomic E-state index is 12.0. The van der Waals surface area contributed by atoms with Gasteiger partial charge in [-0.3, -0.25) is 4.79 Å². The molecular weight excluding hydrogens is 240 g/mol. The van der Waals surface area contributed by atoms with E-state index in [4.69, 9.17) is 0 Å². The number of hydrogen-bond acceptors (Lipinski definition) is 4. The summed E-state index contributed by atoms with van der Waals surface area (Å²) in [6.07, 6.45) is 3.89. The van der Waals surface area contributed by atoms with Gasteiger partial charge in [0.15, 0.2) is 0 Å². The zero-order valence-corrected chi connectivity index (χ0v) is 11.8. The summed E-state index contributed by atoms with van der Waals surface area (Å²) in [6.45, 7) is 7.59. The molecule has 0 aliphatic carbocycles. The number of amides is 1. The van der Waals surface area contributed by atoms with Gasteiger partial charge in [0.2, 0.25) is 0 Å². The topological polar surface area (TPSA) is 58.1 Å². The first-order valence-corrected chi connectivity index (χ1v) is 6.98. The summed E-state index contributed by atoms with van der Waals surface area (Å²) in [5.41, 5.74) is 1.29. The Balaban J connectivity index is 1.80. The lowest BCUT2D eigenvalue weighted by atomic mass is 10.1. The van der Waals surface area contributed by atoms with Gasteiger partial charge in [-0.15, -0.1) is 0 Å². The van der Waals surface area contributed by atoms with E-state index in [2.05, 4.69) is 20.2 Å². The van der Waals surface area contributed by atoms with Gasteiger partial charge in [-0.2, -0.15) is 0 Å². The molecule has 19 heavy (non-hydrogen) atoms. The van der Waals surface area contributed by atoms with Crippen molar-refractivity contribution in [3.05, 3.63) is 23.3 Å². The molecule has 1 aliphatic heterocycles. The highest BCUT2D eigenvalue weighted by Crippen LogP contribution is 2.07. The number of rotatable bonds is 4. The second kappa shape index (κ2) is 6.61. The monoisotopic (exact) mass is 262 g/mol. The van der Waals surface area contributed by atoms with Gasteiger partial charge < -0.3 is 10.2 Å². The van der Waals surface area contributed by atoms with Crippen molar-refractivity contribution in [1.82, 2.24) is 20.2 Å². The molecule has 2 heterocycles. The molecule has 0 radical (unpaired) electrons. The Morgan fingerprint density at radius 2 is 2.00 bits per heavy atom. The second-order valence-corrected chi connectivity index (χ2v) is 5.10. The van der Waals surface area contributed by atoms with E-state index in [0.717, 1.165) is 25.3 Å². The highest BCUT2D eigenvalue weighted by molar-refractivity contribution is 5.92. The van der Waals surface area contributed by atoms with E-state index in [1.807, 2.05) is 6.92 Å². The molecule has 0 atom stereocenters. The minimum atomic E-state index is -0.106. The van der Waals surface area contributed by atoms with E-state index in [9.17, 15) is 4.79 Å². The maximum Gasteiger partial charge on any atom is 0.270 e. The third-order valence-corrected chi connectivity index (χ3v) is 3.36. The van der Waals surface area contributed by atoms with E-state index in [1.165, 1.54) is 19.3 Å². The number of aryl methyl sites for hydroxylation is 2. The molecule has 0 bridgehead atoms. The Morgan fingerprint density at radius 3 is 2.68 bits per heavy atom. The van der Waals surface area contributed by atoms with Crippen LogP contribution in [0.2, 0.25) is 0 Å². The molecule has 0 spiro atoms. The molecule has 1 amide bonds. The number of nitrogens with one attached hydrogen (secondary N) is 1. The molecule has 1 fully saturated rings. The van der Waals surface area contributed by atoms with Crippen molar-refractivity contribution >= 4 is 5.91 Å². The Bertz CT molecular complexity index is 421. The normalized spacial score (nSPS) is 16.3. The lowest BCUT2D eigenvalue weighted by molar-refractivity contribution is 0.0941. The molecule has 0 aromatic carbocycles. The van der Waals surface area contributed by atoms with Crippen molar-refractivity contribution in [1.29, 1.82) is 0 Å². The summed E-state index contributed by atoms with van der Waals surface area (Å²) < 4.78 is 0. The van der Waals surface area contributed by atoms with Gasteiger partial charge in [-0.05, 0) is 45.8 Å². The first-order chi connectivity index (χ1) is 9.15. The summed E-state index contributed by atoms with van der Waals surface area (Å²) in [6, 6.07) is 1.73. The Morgan fingerprint density at radius 1 is 1.26 bits per heavy atom. The average Bonchev–Trinajstić information content (AvgIpc) is 2.38. The number of likely N-dealkylation sites (tertiary alicyclic amines) is 1. The third kappa shape index (κ3) is 4.28. The summed E-state index contributed by atoms with van der Waals surface area (Å²) in [5.74, 6) is 0.534. The molecule has 0 unspecified atom stereocenters. The molecule has 0 saturated carbocycles. The molecule has 1 aromatic heterocycles. The molecule has 104 valence electrons. The van der Waals surface area contributed by atoms with Crippen LogP contribution >= 0.6 is 0 Å². The summed E-state index contributed by atoms with van der Waals surface area (Å²) in [4.78, 5) is 22.7. The van der Waals surface area contributed by atoms with Gasteiger partial charge in [-0.1, -0.05) is 6.42 Å². The van der Waals surface area contributed by atoms with Crippen molar-refractivity contribution in [3.8, 4) is 0 Å². The van der Waals surface area contributed by atoms with Crippen molar-refractivity contribution < 1.29 is 4.79 Å². The van der Waals surface area contributed by atoms with Crippen LogP contribution in [-0.2, 0) is 0 Å².